The summed E-state index contributed by atoms with van der Waals surface area (Å²) >= 11 is 8.27. The number of carbonyl (C=O) groups excluding carboxylic acids is 1. The SMILES string of the molecule is CCCCCS(=O)(=O)CC(=O)Nc1ccc(N2CCSCC2)c(Cl)c1. The molecule has 0 radical (unpaired) electrons. The Balaban J connectivity index is 1.93. The molecule has 1 aromatic rings. The van der Waals surface area contributed by atoms with Gasteiger partial charge in [-0.25, -0.2) is 8.42 Å². The van der Waals surface area contributed by atoms with Gasteiger partial charge in [0.2, 0.25) is 5.91 Å². The summed E-state index contributed by atoms with van der Waals surface area (Å²) in [7, 11) is -3.36. The Morgan fingerprint density at radius 3 is 2.64 bits per heavy atom. The van der Waals surface area contributed by atoms with Crippen LogP contribution >= 0.6 is 23.4 Å². The van der Waals surface area contributed by atoms with Crippen LogP contribution in [0.4, 0.5) is 11.4 Å². The van der Waals surface area contributed by atoms with E-state index in [1.54, 1.807) is 12.1 Å². The molecule has 0 bridgehead atoms. The Labute approximate surface area is 159 Å². The Bertz CT molecular complexity index is 689. The van der Waals surface area contributed by atoms with E-state index in [1.165, 1.54) is 0 Å². The lowest BCUT2D eigenvalue weighted by atomic mass is 10.2. The van der Waals surface area contributed by atoms with Gasteiger partial charge >= 0.3 is 0 Å². The predicted octanol–water partition coefficient (Wildman–Crippen LogP) is 3.44. The molecule has 1 aliphatic rings. The molecule has 1 aromatic carbocycles. The highest BCUT2D eigenvalue weighted by Crippen LogP contribution is 2.30. The standard InChI is InChI=1S/C17H25ClN2O3S2/c1-2-3-4-11-25(22,23)13-17(21)19-14-5-6-16(15(18)12-14)20-7-9-24-10-8-20/h5-6,12H,2-4,7-11,13H2,1H3,(H,19,21). The van der Waals surface area contributed by atoms with E-state index >= 15 is 0 Å². The molecule has 1 aliphatic heterocycles. The Hall–Kier alpha value is -0.920. The Kier molecular flexibility index (Phi) is 7.90. The number of nitrogens with one attached hydrogen (secondary N) is 1. The molecule has 5 nitrogen and oxygen atoms in total. The zero-order valence-corrected chi connectivity index (χ0v) is 16.9. The van der Waals surface area contributed by atoms with Crippen molar-refractivity contribution in [1.82, 2.24) is 0 Å². The average molecular weight is 405 g/mol. The van der Waals surface area contributed by atoms with Crippen LogP contribution in [0.3, 0.4) is 0 Å². The van der Waals surface area contributed by atoms with Gasteiger partial charge in [-0.2, -0.15) is 11.8 Å². The van der Waals surface area contributed by atoms with E-state index in [1.807, 2.05) is 24.8 Å². The molecule has 0 saturated carbocycles. The van der Waals surface area contributed by atoms with Crippen LogP contribution in [0, 0.1) is 0 Å². The van der Waals surface area contributed by atoms with E-state index in [9.17, 15) is 13.2 Å². The number of halogens is 1. The molecule has 25 heavy (non-hydrogen) atoms. The fraction of sp³-hybridized carbons (Fsp3) is 0.588. The maximum atomic E-state index is 12.0. The minimum atomic E-state index is -3.36. The van der Waals surface area contributed by atoms with Crippen molar-refractivity contribution in [3.8, 4) is 0 Å². The van der Waals surface area contributed by atoms with Crippen molar-refractivity contribution in [2.45, 2.75) is 26.2 Å². The van der Waals surface area contributed by atoms with Gasteiger partial charge in [0.1, 0.15) is 5.75 Å². The Morgan fingerprint density at radius 1 is 1.28 bits per heavy atom. The number of rotatable bonds is 8. The van der Waals surface area contributed by atoms with Crippen molar-refractivity contribution >= 4 is 50.5 Å². The first kappa shape index (κ1) is 20.4. The molecule has 1 heterocycles. The summed E-state index contributed by atoms with van der Waals surface area (Å²) in [6, 6.07) is 5.33. The van der Waals surface area contributed by atoms with Crippen molar-refractivity contribution in [3.05, 3.63) is 23.2 Å². The van der Waals surface area contributed by atoms with E-state index < -0.39 is 21.5 Å². The van der Waals surface area contributed by atoms with Gasteiger partial charge in [0.15, 0.2) is 9.84 Å². The summed E-state index contributed by atoms with van der Waals surface area (Å²) in [5, 5.41) is 3.20. The summed E-state index contributed by atoms with van der Waals surface area (Å²) in [5.41, 5.74) is 1.47. The van der Waals surface area contributed by atoms with Gasteiger partial charge in [0, 0.05) is 30.3 Å². The number of hydrogen-bond donors (Lipinski definition) is 1. The van der Waals surface area contributed by atoms with E-state index in [2.05, 4.69) is 10.2 Å². The maximum absolute atomic E-state index is 12.0. The number of sulfone groups is 1. The Morgan fingerprint density at radius 2 is 2.00 bits per heavy atom. The van der Waals surface area contributed by atoms with Gasteiger partial charge in [-0.15, -0.1) is 0 Å². The molecule has 1 N–H and O–H groups in total. The van der Waals surface area contributed by atoms with Gasteiger partial charge in [-0.05, 0) is 24.6 Å². The number of carbonyl (C=O) groups is 1. The number of hydrogen-bond acceptors (Lipinski definition) is 5. The normalized spacial score (nSPS) is 15.2. The fourth-order valence-electron chi connectivity index (χ4n) is 2.69. The molecular weight excluding hydrogens is 380 g/mol. The fourth-order valence-corrected chi connectivity index (χ4v) is 5.15. The third-order valence-electron chi connectivity index (χ3n) is 3.99. The zero-order chi connectivity index (χ0) is 18.3. The number of anilines is 2. The smallest absolute Gasteiger partial charge is 0.239 e. The molecule has 0 spiro atoms. The highest BCUT2D eigenvalue weighted by molar-refractivity contribution is 7.99. The summed E-state index contributed by atoms with van der Waals surface area (Å²) in [6.07, 6.45) is 2.40. The zero-order valence-electron chi connectivity index (χ0n) is 14.5. The van der Waals surface area contributed by atoms with Crippen LogP contribution in [0.1, 0.15) is 26.2 Å². The van der Waals surface area contributed by atoms with Crippen LogP contribution in [-0.4, -0.2) is 50.4 Å². The third-order valence-corrected chi connectivity index (χ3v) is 6.85. The quantitative estimate of drug-likeness (QED) is 0.672. The van der Waals surface area contributed by atoms with E-state index in [-0.39, 0.29) is 5.75 Å². The lowest BCUT2D eigenvalue weighted by Crippen LogP contribution is -2.32. The van der Waals surface area contributed by atoms with E-state index in [4.69, 9.17) is 11.6 Å². The second-order valence-electron chi connectivity index (χ2n) is 6.11. The van der Waals surface area contributed by atoms with E-state index in [0.29, 0.717) is 17.1 Å². The highest BCUT2D eigenvalue weighted by Gasteiger charge is 2.18. The van der Waals surface area contributed by atoms with Crippen molar-refractivity contribution in [3.63, 3.8) is 0 Å². The van der Waals surface area contributed by atoms with Crippen molar-refractivity contribution < 1.29 is 13.2 Å². The summed E-state index contributed by atoms with van der Waals surface area (Å²) < 4.78 is 23.9. The van der Waals surface area contributed by atoms with Crippen LogP contribution in [-0.2, 0) is 14.6 Å². The molecule has 0 atom stereocenters. The topological polar surface area (TPSA) is 66.5 Å². The number of benzene rings is 1. The van der Waals surface area contributed by atoms with E-state index in [0.717, 1.165) is 43.1 Å². The van der Waals surface area contributed by atoms with Crippen molar-refractivity contribution in [2.75, 3.05) is 46.3 Å². The molecule has 140 valence electrons. The van der Waals surface area contributed by atoms with Gasteiger partial charge in [-0.1, -0.05) is 31.4 Å². The lowest BCUT2D eigenvalue weighted by Gasteiger charge is -2.29. The monoisotopic (exact) mass is 404 g/mol. The predicted molar refractivity (Wildman–Crippen MR) is 108 cm³/mol. The van der Waals surface area contributed by atoms with Crippen LogP contribution in [0.2, 0.25) is 5.02 Å². The van der Waals surface area contributed by atoms with Crippen LogP contribution in [0.5, 0.6) is 0 Å². The summed E-state index contributed by atoms with van der Waals surface area (Å²) in [6.45, 7) is 3.91. The first-order valence-corrected chi connectivity index (χ1v) is 11.9. The maximum Gasteiger partial charge on any atom is 0.239 e. The molecule has 1 fully saturated rings. The minimum absolute atomic E-state index is 0.0565. The first-order chi connectivity index (χ1) is 11.9. The molecule has 0 unspecified atom stereocenters. The molecular formula is C17H25ClN2O3S2. The molecule has 1 saturated heterocycles. The lowest BCUT2D eigenvalue weighted by molar-refractivity contribution is -0.113. The summed E-state index contributed by atoms with van der Waals surface area (Å²) in [5.74, 6) is 1.20. The second-order valence-corrected chi connectivity index (χ2v) is 9.93. The number of unbranched alkanes of at least 4 members (excludes halogenated alkanes) is 2. The molecule has 0 aromatic heterocycles. The largest absolute Gasteiger partial charge is 0.369 e. The third kappa shape index (κ3) is 6.72. The number of amides is 1. The van der Waals surface area contributed by atoms with Crippen LogP contribution in [0.15, 0.2) is 18.2 Å². The van der Waals surface area contributed by atoms with Crippen LogP contribution < -0.4 is 10.2 Å². The molecule has 8 heteroatoms. The first-order valence-electron chi connectivity index (χ1n) is 8.54. The molecule has 1 amide bonds. The number of nitrogens with zero attached hydrogens (tertiary/aromatic N) is 1. The molecule has 0 aliphatic carbocycles. The summed E-state index contributed by atoms with van der Waals surface area (Å²) in [4.78, 5) is 14.2. The minimum Gasteiger partial charge on any atom is -0.369 e. The molecule has 2 rings (SSSR count). The van der Waals surface area contributed by atoms with Crippen molar-refractivity contribution in [1.29, 1.82) is 0 Å². The van der Waals surface area contributed by atoms with Gasteiger partial charge in [-0.3, -0.25) is 4.79 Å². The number of thioether (sulfide) groups is 1. The van der Waals surface area contributed by atoms with Gasteiger partial charge < -0.3 is 10.2 Å². The van der Waals surface area contributed by atoms with Gasteiger partial charge in [0.25, 0.3) is 0 Å². The van der Waals surface area contributed by atoms with Gasteiger partial charge in [0.05, 0.1) is 16.5 Å². The van der Waals surface area contributed by atoms with Crippen LogP contribution in [0.25, 0.3) is 0 Å². The second kappa shape index (κ2) is 9.69. The average Bonchev–Trinajstić information content (AvgIpc) is 2.55. The van der Waals surface area contributed by atoms with Crippen molar-refractivity contribution in [2.24, 2.45) is 0 Å². The highest BCUT2D eigenvalue weighted by atomic mass is 35.5.